The summed E-state index contributed by atoms with van der Waals surface area (Å²) in [4.78, 5) is 12.0. The lowest BCUT2D eigenvalue weighted by atomic mass is 10.4. The molecule has 0 bridgehead atoms. The molecular formula is C13H24N4O4S. The second-order valence-corrected chi connectivity index (χ2v) is 6.78. The summed E-state index contributed by atoms with van der Waals surface area (Å²) in [6, 6.07) is 3.73. The second-order valence-electron chi connectivity index (χ2n) is 5.20. The van der Waals surface area contributed by atoms with E-state index in [0.29, 0.717) is 30.4 Å². The molecule has 2 unspecified atom stereocenters. The van der Waals surface area contributed by atoms with Crippen molar-refractivity contribution >= 4 is 10.8 Å². The first-order chi connectivity index (χ1) is 10.4. The Morgan fingerprint density at radius 2 is 2.09 bits per heavy atom. The normalized spacial score (nSPS) is 14.2. The van der Waals surface area contributed by atoms with Gasteiger partial charge in [-0.05, 0) is 33.3 Å². The highest BCUT2D eigenvalue weighted by Crippen LogP contribution is 2.11. The Morgan fingerprint density at radius 3 is 2.68 bits per heavy atom. The summed E-state index contributed by atoms with van der Waals surface area (Å²) in [5.74, 6) is 2.32. The van der Waals surface area contributed by atoms with Gasteiger partial charge in [0.1, 0.15) is 17.7 Å². The number of nitrogens with one attached hydrogen (secondary N) is 2. The maximum atomic E-state index is 12.0. The number of hydrogen-bond donors (Lipinski definition) is 2. The summed E-state index contributed by atoms with van der Waals surface area (Å²) < 4.78 is 17.6. The van der Waals surface area contributed by atoms with E-state index >= 15 is 0 Å². The highest BCUT2D eigenvalue weighted by atomic mass is 32.2. The topological polar surface area (TPSA) is 101 Å². The number of rotatable bonds is 11. The van der Waals surface area contributed by atoms with Gasteiger partial charge in [0.05, 0.1) is 12.3 Å². The van der Waals surface area contributed by atoms with Crippen LogP contribution >= 0.6 is 0 Å². The van der Waals surface area contributed by atoms with Gasteiger partial charge in [-0.2, -0.15) is 0 Å². The SMILES string of the molecule is CNC(C[N+](=O)[O-])NCCS(=O)Cc1ccc(CN(C)C)o1. The number of nitro groups is 1. The van der Waals surface area contributed by atoms with Gasteiger partial charge < -0.3 is 9.32 Å². The zero-order chi connectivity index (χ0) is 16.5. The molecule has 0 aliphatic carbocycles. The standard InChI is InChI=1S/C13H24N4O4S/c1-14-13(9-17(18)19)15-6-7-22(20)10-12-5-4-11(21-12)8-16(2)3/h4-5,13-15H,6-10H2,1-3H3. The van der Waals surface area contributed by atoms with E-state index in [-0.39, 0.29) is 11.5 Å². The summed E-state index contributed by atoms with van der Waals surface area (Å²) in [7, 11) is 4.48. The quantitative estimate of drug-likeness (QED) is 0.334. The molecule has 0 saturated carbocycles. The average molecular weight is 332 g/mol. The van der Waals surface area contributed by atoms with E-state index in [1.807, 2.05) is 31.1 Å². The molecule has 0 aliphatic rings. The van der Waals surface area contributed by atoms with Crippen molar-refractivity contribution in [1.29, 1.82) is 0 Å². The predicted octanol–water partition coefficient (Wildman–Crippen LogP) is 0.00170. The zero-order valence-electron chi connectivity index (χ0n) is 13.2. The molecule has 0 amide bonds. The van der Waals surface area contributed by atoms with E-state index < -0.39 is 17.0 Å². The number of likely N-dealkylation sites (N-methyl/N-ethyl adjacent to an activating group) is 1. The Labute approximate surface area is 132 Å². The third-order valence-corrected chi connectivity index (χ3v) is 4.16. The molecule has 2 N–H and O–H groups in total. The summed E-state index contributed by atoms with van der Waals surface area (Å²) >= 11 is 0. The molecule has 1 rings (SSSR count). The fourth-order valence-electron chi connectivity index (χ4n) is 1.88. The highest BCUT2D eigenvalue weighted by molar-refractivity contribution is 7.84. The summed E-state index contributed by atoms with van der Waals surface area (Å²) in [5.41, 5.74) is 0. The summed E-state index contributed by atoms with van der Waals surface area (Å²) in [6.45, 7) is 0.936. The fourth-order valence-corrected chi connectivity index (χ4v) is 2.84. The number of furan rings is 1. The van der Waals surface area contributed by atoms with Crippen LogP contribution in [0.3, 0.4) is 0 Å². The Kier molecular flexibility index (Phi) is 8.25. The Hall–Kier alpha value is -1.29. The van der Waals surface area contributed by atoms with Gasteiger partial charge in [0.2, 0.25) is 6.54 Å². The molecule has 2 atom stereocenters. The average Bonchev–Trinajstić information content (AvgIpc) is 2.83. The van der Waals surface area contributed by atoms with Gasteiger partial charge in [0.15, 0.2) is 0 Å². The van der Waals surface area contributed by atoms with E-state index in [4.69, 9.17) is 4.42 Å². The van der Waals surface area contributed by atoms with Crippen molar-refractivity contribution in [2.24, 2.45) is 0 Å². The van der Waals surface area contributed by atoms with Crippen LogP contribution in [0, 0.1) is 10.1 Å². The van der Waals surface area contributed by atoms with Gasteiger partial charge in [0, 0.05) is 28.0 Å². The van der Waals surface area contributed by atoms with Crippen LogP contribution in [0.15, 0.2) is 16.5 Å². The third-order valence-electron chi connectivity index (χ3n) is 2.89. The molecule has 0 fully saturated rings. The van der Waals surface area contributed by atoms with Crippen LogP contribution < -0.4 is 10.6 Å². The van der Waals surface area contributed by atoms with Gasteiger partial charge in [-0.15, -0.1) is 0 Å². The Bertz CT molecular complexity index is 492. The summed E-state index contributed by atoms with van der Waals surface area (Å²) in [5, 5.41) is 16.2. The van der Waals surface area contributed by atoms with Gasteiger partial charge in [0.25, 0.3) is 0 Å². The molecule has 126 valence electrons. The first kappa shape index (κ1) is 18.8. The third kappa shape index (κ3) is 7.64. The molecule has 1 aromatic rings. The lowest BCUT2D eigenvalue weighted by molar-refractivity contribution is -0.484. The van der Waals surface area contributed by atoms with Crippen LogP contribution in [0.4, 0.5) is 0 Å². The smallest absolute Gasteiger partial charge is 0.231 e. The molecule has 22 heavy (non-hydrogen) atoms. The molecule has 0 aromatic carbocycles. The first-order valence-corrected chi connectivity index (χ1v) is 8.49. The first-order valence-electron chi connectivity index (χ1n) is 7.00. The molecular weight excluding hydrogens is 308 g/mol. The maximum absolute atomic E-state index is 12.0. The molecule has 0 aliphatic heterocycles. The van der Waals surface area contributed by atoms with E-state index in [9.17, 15) is 14.3 Å². The molecule has 1 heterocycles. The van der Waals surface area contributed by atoms with E-state index in [2.05, 4.69) is 10.6 Å². The van der Waals surface area contributed by atoms with Crippen molar-refractivity contribution in [2.75, 3.05) is 40.0 Å². The van der Waals surface area contributed by atoms with Gasteiger partial charge >= 0.3 is 0 Å². The molecule has 1 aromatic heterocycles. The van der Waals surface area contributed by atoms with Gasteiger partial charge in [-0.25, -0.2) is 0 Å². The number of nitrogens with zero attached hydrogens (tertiary/aromatic N) is 2. The van der Waals surface area contributed by atoms with Crippen molar-refractivity contribution < 1.29 is 13.5 Å². The molecule has 0 radical (unpaired) electrons. The van der Waals surface area contributed by atoms with E-state index in [0.717, 1.165) is 5.76 Å². The van der Waals surface area contributed by atoms with Crippen LogP contribution in [0.5, 0.6) is 0 Å². The van der Waals surface area contributed by atoms with Crippen molar-refractivity contribution in [1.82, 2.24) is 15.5 Å². The molecule has 9 heteroatoms. The maximum Gasteiger partial charge on any atom is 0.231 e. The highest BCUT2D eigenvalue weighted by Gasteiger charge is 2.13. The minimum Gasteiger partial charge on any atom is -0.464 e. The van der Waals surface area contributed by atoms with Crippen LogP contribution in [-0.2, 0) is 23.1 Å². The summed E-state index contributed by atoms with van der Waals surface area (Å²) in [6.07, 6.45) is -0.415. The lowest BCUT2D eigenvalue weighted by Crippen LogP contribution is -2.46. The minimum absolute atomic E-state index is 0.213. The largest absolute Gasteiger partial charge is 0.464 e. The van der Waals surface area contributed by atoms with Crippen LogP contribution in [0.2, 0.25) is 0 Å². The molecule has 0 spiro atoms. The molecule has 8 nitrogen and oxygen atoms in total. The van der Waals surface area contributed by atoms with Crippen LogP contribution in [0.1, 0.15) is 11.5 Å². The Morgan fingerprint density at radius 1 is 1.41 bits per heavy atom. The van der Waals surface area contributed by atoms with Crippen molar-refractivity contribution in [2.45, 2.75) is 18.5 Å². The van der Waals surface area contributed by atoms with E-state index in [1.165, 1.54) is 0 Å². The second kappa shape index (κ2) is 9.67. The predicted molar refractivity (Wildman–Crippen MR) is 85.5 cm³/mol. The van der Waals surface area contributed by atoms with Crippen molar-refractivity contribution in [3.63, 3.8) is 0 Å². The molecule has 0 saturated heterocycles. The van der Waals surface area contributed by atoms with Crippen LogP contribution in [0.25, 0.3) is 0 Å². The number of hydrogen-bond acceptors (Lipinski definition) is 7. The van der Waals surface area contributed by atoms with E-state index in [1.54, 1.807) is 7.05 Å². The fraction of sp³-hybridized carbons (Fsp3) is 0.692. The Balaban J connectivity index is 2.31. The lowest BCUT2D eigenvalue weighted by Gasteiger charge is -2.13. The van der Waals surface area contributed by atoms with Gasteiger partial charge in [-0.3, -0.25) is 25.0 Å². The minimum atomic E-state index is -1.07. The van der Waals surface area contributed by atoms with Crippen LogP contribution in [-0.4, -0.2) is 60.2 Å². The van der Waals surface area contributed by atoms with Crippen molar-refractivity contribution in [3.05, 3.63) is 33.8 Å². The van der Waals surface area contributed by atoms with Gasteiger partial charge in [-0.1, -0.05) is 0 Å². The van der Waals surface area contributed by atoms with Crippen molar-refractivity contribution in [3.8, 4) is 0 Å². The zero-order valence-corrected chi connectivity index (χ0v) is 14.0. The monoisotopic (exact) mass is 332 g/mol.